The van der Waals surface area contributed by atoms with Gasteiger partial charge < -0.3 is 10.8 Å². The van der Waals surface area contributed by atoms with E-state index in [0.717, 1.165) is 0 Å². The van der Waals surface area contributed by atoms with Crippen molar-refractivity contribution in [1.82, 2.24) is 0 Å². The van der Waals surface area contributed by atoms with Crippen molar-refractivity contribution < 1.29 is 19.1 Å². The lowest BCUT2D eigenvalue weighted by Crippen LogP contribution is -2.15. The molecule has 1 amide bonds. The van der Waals surface area contributed by atoms with Gasteiger partial charge in [0.15, 0.2) is 0 Å². The number of carboxylic acid groups (broad SMARTS) is 1. The van der Waals surface area contributed by atoms with Gasteiger partial charge in [-0.1, -0.05) is 24.6 Å². The normalized spacial score (nSPS) is 11.4. The molecule has 1 aromatic rings. The van der Waals surface area contributed by atoms with Gasteiger partial charge in [-0.3, -0.25) is 4.79 Å². The van der Waals surface area contributed by atoms with E-state index >= 15 is 0 Å². The maximum absolute atomic E-state index is 14.1. The summed E-state index contributed by atoms with van der Waals surface area (Å²) in [6.07, 6.45) is 1.13. The molecule has 0 bridgehead atoms. The SMILES string of the molecule is CC/C(=C\c1c(Cl)ccc(CC(N)=O)c1F)C(=O)O. The molecule has 0 unspecified atom stereocenters. The van der Waals surface area contributed by atoms with Gasteiger partial charge in [-0.25, -0.2) is 9.18 Å². The van der Waals surface area contributed by atoms with Gasteiger partial charge in [0.2, 0.25) is 5.91 Å². The largest absolute Gasteiger partial charge is 0.478 e. The lowest BCUT2D eigenvalue weighted by molar-refractivity contribution is -0.132. The number of hydrogen-bond acceptors (Lipinski definition) is 2. The van der Waals surface area contributed by atoms with Crippen molar-refractivity contribution in [1.29, 1.82) is 0 Å². The fourth-order valence-corrected chi connectivity index (χ4v) is 1.76. The Bertz CT molecular complexity index is 555. The number of aliphatic carboxylic acids is 1. The van der Waals surface area contributed by atoms with Crippen LogP contribution in [0.1, 0.15) is 24.5 Å². The Hall–Kier alpha value is -1.88. The summed E-state index contributed by atoms with van der Waals surface area (Å²) in [5.74, 6) is -2.54. The highest BCUT2D eigenvalue weighted by molar-refractivity contribution is 6.32. The molecule has 1 aromatic carbocycles. The van der Waals surface area contributed by atoms with Crippen LogP contribution >= 0.6 is 11.6 Å². The molecule has 0 saturated heterocycles. The molecule has 0 aliphatic rings. The van der Waals surface area contributed by atoms with Gasteiger partial charge in [0.25, 0.3) is 0 Å². The molecule has 0 atom stereocenters. The molecule has 0 spiro atoms. The second-order valence-corrected chi connectivity index (χ2v) is 4.31. The van der Waals surface area contributed by atoms with E-state index < -0.39 is 17.7 Å². The average molecular weight is 286 g/mol. The Kier molecular flexibility index (Phi) is 5.06. The maximum Gasteiger partial charge on any atom is 0.331 e. The number of benzene rings is 1. The third-order valence-electron chi connectivity index (χ3n) is 2.55. The van der Waals surface area contributed by atoms with Crippen LogP contribution in [0.5, 0.6) is 0 Å². The third-order valence-corrected chi connectivity index (χ3v) is 2.87. The Morgan fingerprint density at radius 3 is 2.58 bits per heavy atom. The van der Waals surface area contributed by atoms with Crippen molar-refractivity contribution >= 4 is 29.6 Å². The molecule has 4 nitrogen and oxygen atoms in total. The fourth-order valence-electron chi connectivity index (χ4n) is 1.56. The Morgan fingerprint density at radius 1 is 1.47 bits per heavy atom. The van der Waals surface area contributed by atoms with Gasteiger partial charge in [-0.2, -0.15) is 0 Å². The highest BCUT2D eigenvalue weighted by Crippen LogP contribution is 2.26. The number of nitrogens with two attached hydrogens (primary N) is 1. The molecule has 6 heteroatoms. The van der Waals surface area contributed by atoms with E-state index in [1.165, 1.54) is 18.2 Å². The van der Waals surface area contributed by atoms with Gasteiger partial charge in [0, 0.05) is 11.1 Å². The summed E-state index contributed by atoms with van der Waals surface area (Å²) in [6.45, 7) is 1.64. The molecule has 0 heterocycles. The standard InChI is InChI=1S/C13H13ClFNO3/c1-2-7(13(18)19)5-9-10(14)4-3-8(12(9)15)6-11(16)17/h3-5H,2,6H2,1H3,(H2,16,17)(H,18,19)/b7-5+. The van der Waals surface area contributed by atoms with E-state index in [2.05, 4.69) is 0 Å². The molecule has 0 radical (unpaired) electrons. The second-order valence-electron chi connectivity index (χ2n) is 3.91. The van der Waals surface area contributed by atoms with Crippen LogP contribution in [0.25, 0.3) is 6.08 Å². The number of amides is 1. The van der Waals surface area contributed by atoms with Crippen molar-refractivity contribution in [2.45, 2.75) is 19.8 Å². The third kappa shape index (κ3) is 3.79. The first-order chi connectivity index (χ1) is 8.86. The minimum Gasteiger partial charge on any atom is -0.478 e. The summed E-state index contributed by atoms with van der Waals surface area (Å²) < 4.78 is 14.1. The first kappa shape index (κ1) is 15.2. The van der Waals surface area contributed by atoms with Crippen LogP contribution in [-0.2, 0) is 16.0 Å². The monoisotopic (exact) mass is 285 g/mol. The van der Waals surface area contributed by atoms with E-state index in [-0.39, 0.29) is 34.6 Å². The predicted octanol–water partition coefficient (Wildman–Crippen LogP) is 2.38. The van der Waals surface area contributed by atoms with Gasteiger partial charge in [-0.05, 0) is 24.1 Å². The molecule has 0 saturated carbocycles. The van der Waals surface area contributed by atoms with E-state index in [4.69, 9.17) is 22.4 Å². The van der Waals surface area contributed by atoms with Crippen molar-refractivity contribution in [3.05, 3.63) is 39.7 Å². The summed E-state index contributed by atoms with van der Waals surface area (Å²) in [7, 11) is 0. The van der Waals surface area contributed by atoms with Gasteiger partial charge in [-0.15, -0.1) is 0 Å². The molecule has 0 fully saturated rings. The van der Waals surface area contributed by atoms with Crippen molar-refractivity contribution in [3.63, 3.8) is 0 Å². The zero-order valence-corrected chi connectivity index (χ0v) is 11.0. The van der Waals surface area contributed by atoms with Gasteiger partial charge in [0.05, 0.1) is 11.4 Å². The van der Waals surface area contributed by atoms with Crippen LogP contribution in [0.15, 0.2) is 17.7 Å². The van der Waals surface area contributed by atoms with Crippen LogP contribution < -0.4 is 5.73 Å². The number of carbonyl (C=O) groups excluding carboxylic acids is 1. The molecule has 102 valence electrons. The summed E-state index contributed by atoms with van der Waals surface area (Å²) in [5, 5.41) is 9.00. The second kappa shape index (κ2) is 6.33. The maximum atomic E-state index is 14.1. The first-order valence-corrected chi connectivity index (χ1v) is 5.93. The van der Waals surface area contributed by atoms with Crippen molar-refractivity contribution in [2.24, 2.45) is 5.73 Å². The van der Waals surface area contributed by atoms with Crippen molar-refractivity contribution in [2.75, 3.05) is 0 Å². The smallest absolute Gasteiger partial charge is 0.331 e. The predicted molar refractivity (Wildman–Crippen MR) is 70.2 cm³/mol. The van der Waals surface area contributed by atoms with Crippen LogP contribution in [0.3, 0.4) is 0 Å². The molecule has 1 rings (SSSR count). The molecule has 3 N–H and O–H groups in total. The molecule has 0 aromatic heterocycles. The summed E-state index contributed by atoms with van der Waals surface area (Å²) in [5.41, 5.74) is 5.08. The zero-order valence-electron chi connectivity index (χ0n) is 10.2. The quantitative estimate of drug-likeness (QED) is 0.815. The first-order valence-electron chi connectivity index (χ1n) is 5.55. The van der Waals surface area contributed by atoms with Gasteiger partial charge in [0.1, 0.15) is 5.82 Å². The summed E-state index contributed by atoms with van der Waals surface area (Å²) in [6, 6.07) is 2.76. The average Bonchev–Trinajstić information content (AvgIpc) is 2.32. The fraction of sp³-hybridized carbons (Fsp3) is 0.231. The topological polar surface area (TPSA) is 80.4 Å². The van der Waals surface area contributed by atoms with Crippen LogP contribution in [0.4, 0.5) is 4.39 Å². The lowest BCUT2D eigenvalue weighted by Gasteiger charge is -2.07. The van der Waals surface area contributed by atoms with Crippen LogP contribution in [-0.4, -0.2) is 17.0 Å². The van der Waals surface area contributed by atoms with Gasteiger partial charge >= 0.3 is 5.97 Å². The Balaban J connectivity index is 3.34. The van der Waals surface area contributed by atoms with E-state index in [1.54, 1.807) is 6.92 Å². The molecular formula is C13H13ClFNO3. The minimum absolute atomic E-state index is 0.0250. The number of halogens is 2. The van der Waals surface area contributed by atoms with E-state index in [1.807, 2.05) is 0 Å². The van der Waals surface area contributed by atoms with E-state index in [9.17, 15) is 14.0 Å². The Morgan fingerprint density at radius 2 is 2.11 bits per heavy atom. The summed E-state index contributed by atoms with van der Waals surface area (Å²) in [4.78, 5) is 21.7. The molecule has 0 aliphatic carbocycles. The van der Waals surface area contributed by atoms with Crippen LogP contribution in [0, 0.1) is 5.82 Å². The van der Waals surface area contributed by atoms with E-state index in [0.29, 0.717) is 0 Å². The Labute approximate surface area is 114 Å². The number of hydrogen-bond donors (Lipinski definition) is 2. The zero-order chi connectivity index (χ0) is 14.6. The number of primary amides is 1. The number of carboxylic acids is 1. The molecular weight excluding hydrogens is 273 g/mol. The lowest BCUT2D eigenvalue weighted by atomic mass is 10.0. The highest BCUT2D eigenvalue weighted by atomic mass is 35.5. The van der Waals surface area contributed by atoms with Crippen molar-refractivity contribution in [3.8, 4) is 0 Å². The minimum atomic E-state index is -1.14. The highest BCUT2D eigenvalue weighted by Gasteiger charge is 2.14. The summed E-state index contributed by atoms with van der Waals surface area (Å²) >= 11 is 5.85. The number of carbonyl (C=O) groups is 2. The molecule has 19 heavy (non-hydrogen) atoms. The van der Waals surface area contributed by atoms with Crippen LogP contribution in [0.2, 0.25) is 5.02 Å². The number of rotatable bonds is 5. The molecule has 0 aliphatic heterocycles.